The standard InChI is InChI=1S/C10H5ClFNO2/c11-9-6(10(14)15)4-5-2-1-3-7(12)8(5)13-9/h1-4H,(H,14,15). The fourth-order valence-corrected chi connectivity index (χ4v) is 1.51. The number of carboxylic acid groups (broad SMARTS) is 1. The number of aromatic nitrogens is 1. The van der Waals surface area contributed by atoms with E-state index in [9.17, 15) is 9.18 Å². The largest absolute Gasteiger partial charge is 0.478 e. The second-order valence-electron chi connectivity index (χ2n) is 2.94. The minimum Gasteiger partial charge on any atom is -0.478 e. The van der Waals surface area contributed by atoms with E-state index in [1.807, 2.05) is 0 Å². The van der Waals surface area contributed by atoms with E-state index in [0.717, 1.165) is 0 Å². The number of pyridine rings is 1. The molecule has 0 aliphatic rings. The van der Waals surface area contributed by atoms with Crippen LogP contribution in [0.25, 0.3) is 10.9 Å². The smallest absolute Gasteiger partial charge is 0.338 e. The molecular weight excluding hydrogens is 221 g/mol. The van der Waals surface area contributed by atoms with E-state index in [1.165, 1.54) is 18.2 Å². The summed E-state index contributed by atoms with van der Waals surface area (Å²) in [6, 6.07) is 5.61. The van der Waals surface area contributed by atoms with Crippen molar-refractivity contribution in [3.05, 3.63) is 40.8 Å². The molecule has 0 saturated carbocycles. The minimum absolute atomic E-state index is 0.0764. The van der Waals surface area contributed by atoms with Gasteiger partial charge in [0.25, 0.3) is 0 Å². The molecule has 0 aliphatic heterocycles. The number of hydrogen-bond donors (Lipinski definition) is 1. The number of nitrogens with zero attached hydrogens (tertiary/aromatic N) is 1. The summed E-state index contributed by atoms with van der Waals surface area (Å²) >= 11 is 5.61. The summed E-state index contributed by atoms with van der Waals surface area (Å²) in [6.07, 6.45) is 0. The van der Waals surface area contributed by atoms with Crippen molar-refractivity contribution in [1.82, 2.24) is 4.98 Å². The summed E-state index contributed by atoms with van der Waals surface area (Å²) in [5, 5.41) is 8.98. The average Bonchev–Trinajstić information content (AvgIpc) is 2.18. The summed E-state index contributed by atoms with van der Waals surface area (Å²) in [5.74, 6) is -1.70. The third-order valence-electron chi connectivity index (χ3n) is 1.98. The van der Waals surface area contributed by atoms with E-state index in [2.05, 4.69) is 4.98 Å². The van der Waals surface area contributed by atoms with Crippen LogP contribution in [-0.4, -0.2) is 16.1 Å². The van der Waals surface area contributed by atoms with Gasteiger partial charge in [0.1, 0.15) is 16.5 Å². The monoisotopic (exact) mass is 225 g/mol. The lowest BCUT2D eigenvalue weighted by molar-refractivity contribution is 0.0697. The molecule has 2 rings (SSSR count). The fourth-order valence-electron chi connectivity index (χ4n) is 1.29. The molecule has 0 atom stereocenters. The van der Waals surface area contributed by atoms with Crippen LogP contribution < -0.4 is 0 Å². The molecule has 5 heteroatoms. The molecule has 1 N–H and O–H groups in total. The molecule has 15 heavy (non-hydrogen) atoms. The summed E-state index contributed by atoms with van der Waals surface area (Å²) in [5.41, 5.74) is -0.0535. The SMILES string of the molecule is O=C(O)c1cc2cccc(F)c2nc1Cl. The molecule has 0 saturated heterocycles. The maximum atomic E-state index is 13.2. The predicted molar refractivity (Wildman–Crippen MR) is 53.7 cm³/mol. The van der Waals surface area contributed by atoms with Gasteiger partial charge >= 0.3 is 5.97 Å². The van der Waals surface area contributed by atoms with Crippen LogP contribution in [0.4, 0.5) is 4.39 Å². The van der Waals surface area contributed by atoms with Gasteiger partial charge in [-0.1, -0.05) is 23.7 Å². The Bertz CT molecular complexity index is 556. The van der Waals surface area contributed by atoms with Gasteiger partial charge < -0.3 is 5.11 Å². The van der Waals surface area contributed by atoms with Crippen LogP contribution in [0, 0.1) is 5.82 Å². The van der Waals surface area contributed by atoms with Crippen molar-refractivity contribution >= 4 is 28.5 Å². The zero-order valence-electron chi connectivity index (χ0n) is 7.37. The van der Waals surface area contributed by atoms with Crippen LogP contribution >= 0.6 is 11.6 Å². The van der Waals surface area contributed by atoms with Crippen LogP contribution in [0.5, 0.6) is 0 Å². The summed E-state index contributed by atoms with van der Waals surface area (Å²) in [4.78, 5) is 14.4. The molecule has 0 spiro atoms. The van der Waals surface area contributed by atoms with E-state index < -0.39 is 11.8 Å². The van der Waals surface area contributed by atoms with Gasteiger partial charge in [0.15, 0.2) is 0 Å². The number of carbonyl (C=O) groups is 1. The number of hydrogen-bond acceptors (Lipinski definition) is 2. The molecular formula is C10H5ClFNO2. The molecule has 0 unspecified atom stereocenters. The molecule has 1 aromatic heterocycles. The van der Waals surface area contributed by atoms with E-state index in [-0.39, 0.29) is 16.2 Å². The first-order valence-electron chi connectivity index (χ1n) is 4.07. The average molecular weight is 226 g/mol. The second-order valence-corrected chi connectivity index (χ2v) is 3.30. The Balaban J connectivity index is 2.82. The lowest BCUT2D eigenvalue weighted by Crippen LogP contribution is -2.00. The number of aromatic carboxylic acids is 1. The van der Waals surface area contributed by atoms with Gasteiger partial charge in [-0.15, -0.1) is 0 Å². The zero-order chi connectivity index (χ0) is 11.0. The number of benzene rings is 1. The molecule has 1 heterocycles. The van der Waals surface area contributed by atoms with E-state index >= 15 is 0 Å². The Morgan fingerprint density at radius 3 is 2.87 bits per heavy atom. The normalized spacial score (nSPS) is 10.5. The lowest BCUT2D eigenvalue weighted by Gasteiger charge is -2.02. The maximum Gasteiger partial charge on any atom is 0.338 e. The van der Waals surface area contributed by atoms with E-state index in [1.54, 1.807) is 6.07 Å². The number of halogens is 2. The topological polar surface area (TPSA) is 50.2 Å². The Labute approximate surface area is 89.1 Å². The van der Waals surface area contributed by atoms with Crippen molar-refractivity contribution in [2.45, 2.75) is 0 Å². The van der Waals surface area contributed by atoms with Crippen LogP contribution in [0.15, 0.2) is 24.3 Å². The first-order chi connectivity index (χ1) is 7.09. The summed E-state index contributed by atoms with van der Waals surface area (Å²) in [6.45, 7) is 0. The molecule has 0 bridgehead atoms. The maximum absolute atomic E-state index is 13.2. The molecule has 0 amide bonds. The third-order valence-corrected chi connectivity index (χ3v) is 2.27. The van der Waals surface area contributed by atoms with Gasteiger partial charge in [0, 0.05) is 5.39 Å². The van der Waals surface area contributed by atoms with Crippen LogP contribution in [0.2, 0.25) is 5.15 Å². The van der Waals surface area contributed by atoms with Crippen LogP contribution in [0.3, 0.4) is 0 Å². The predicted octanol–water partition coefficient (Wildman–Crippen LogP) is 2.73. The van der Waals surface area contributed by atoms with Crippen molar-refractivity contribution in [3.8, 4) is 0 Å². The third kappa shape index (κ3) is 1.64. The molecule has 0 aliphatic carbocycles. The highest BCUT2D eigenvalue weighted by Gasteiger charge is 2.12. The second kappa shape index (κ2) is 3.47. The van der Waals surface area contributed by atoms with Crippen molar-refractivity contribution < 1.29 is 14.3 Å². The Kier molecular flexibility index (Phi) is 2.28. The van der Waals surface area contributed by atoms with Gasteiger partial charge in [0.05, 0.1) is 5.56 Å². The first kappa shape index (κ1) is 9.86. The zero-order valence-corrected chi connectivity index (χ0v) is 8.12. The van der Waals surface area contributed by atoms with Crippen molar-refractivity contribution in [2.75, 3.05) is 0 Å². The number of para-hydroxylation sites is 1. The van der Waals surface area contributed by atoms with Crippen molar-refractivity contribution in [2.24, 2.45) is 0 Å². The Hall–Kier alpha value is -1.68. The number of rotatable bonds is 1. The highest BCUT2D eigenvalue weighted by atomic mass is 35.5. The molecule has 0 fully saturated rings. The number of fused-ring (bicyclic) bond motifs is 1. The van der Waals surface area contributed by atoms with Gasteiger partial charge in [-0.3, -0.25) is 0 Å². The Morgan fingerprint density at radius 1 is 1.47 bits per heavy atom. The first-order valence-corrected chi connectivity index (χ1v) is 4.45. The van der Waals surface area contributed by atoms with Gasteiger partial charge in [-0.25, -0.2) is 14.2 Å². The Morgan fingerprint density at radius 2 is 2.20 bits per heavy atom. The molecule has 76 valence electrons. The molecule has 0 radical (unpaired) electrons. The summed E-state index contributed by atoms with van der Waals surface area (Å²) in [7, 11) is 0. The fraction of sp³-hybridized carbons (Fsp3) is 0. The highest BCUT2D eigenvalue weighted by Crippen LogP contribution is 2.22. The van der Waals surface area contributed by atoms with Crippen LogP contribution in [0.1, 0.15) is 10.4 Å². The molecule has 1 aromatic carbocycles. The summed E-state index contributed by atoms with van der Waals surface area (Å²) < 4.78 is 13.2. The van der Waals surface area contributed by atoms with E-state index in [0.29, 0.717) is 5.39 Å². The lowest BCUT2D eigenvalue weighted by atomic mass is 10.1. The van der Waals surface area contributed by atoms with Crippen molar-refractivity contribution in [3.63, 3.8) is 0 Å². The molecule has 2 aromatic rings. The highest BCUT2D eigenvalue weighted by molar-refractivity contribution is 6.32. The van der Waals surface area contributed by atoms with Gasteiger partial charge in [-0.05, 0) is 12.1 Å². The van der Waals surface area contributed by atoms with Gasteiger partial charge in [-0.2, -0.15) is 0 Å². The minimum atomic E-state index is -1.18. The van der Waals surface area contributed by atoms with Crippen molar-refractivity contribution in [1.29, 1.82) is 0 Å². The van der Waals surface area contributed by atoms with Crippen LogP contribution in [-0.2, 0) is 0 Å². The van der Waals surface area contributed by atoms with E-state index in [4.69, 9.17) is 16.7 Å². The quantitative estimate of drug-likeness (QED) is 0.760. The number of carboxylic acids is 1. The molecule has 3 nitrogen and oxygen atoms in total. The van der Waals surface area contributed by atoms with Gasteiger partial charge in [0.2, 0.25) is 0 Å².